The highest BCUT2D eigenvalue weighted by Gasteiger charge is 2.01. The number of anilines is 1. The molecule has 0 fully saturated rings. The lowest BCUT2D eigenvalue weighted by molar-refractivity contribution is 0.570. The van der Waals surface area contributed by atoms with Gasteiger partial charge in [-0.2, -0.15) is 4.98 Å². The Morgan fingerprint density at radius 2 is 2.55 bits per heavy atom. The van der Waals surface area contributed by atoms with E-state index in [0.717, 1.165) is 0 Å². The van der Waals surface area contributed by atoms with Gasteiger partial charge in [0.2, 0.25) is 0 Å². The van der Waals surface area contributed by atoms with Crippen molar-refractivity contribution in [1.29, 1.82) is 0 Å². The zero-order chi connectivity index (χ0) is 8.27. The first-order valence-corrected chi connectivity index (χ1v) is 4.12. The second kappa shape index (κ2) is 3.44. The van der Waals surface area contributed by atoms with Gasteiger partial charge in [0.25, 0.3) is 17.2 Å². The molecule has 0 aliphatic heterocycles. The molecule has 62 valence electrons. The predicted molar refractivity (Wildman–Crippen MR) is 40.2 cm³/mol. The number of aromatic amines is 1. The highest BCUT2D eigenvalue weighted by atomic mass is 32.2. The molecule has 11 heavy (non-hydrogen) atoms. The third kappa shape index (κ3) is 2.28. The molecule has 0 aliphatic rings. The summed E-state index contributed by atoms with van der Waals surface area (Å²) < 4.78 is 20.7. The van der Waals surface area contributed by atoms with Crippen LogP contribution in [0.5, 0.6) is 0 Å². The summed E-state index contributed by atoms with van der Waals surface area (Å²) in [4.78, 5) is 3.84. The molecule has 0 spiro atoms. The molecule has 1 heterocycles. The van der Waals surface area contributed by atoms with Crippen LogP contribution in [-0.4, -0.2) is 23.9 Å². The molecule has 1 rings (SSSR count). The molecule has 3 N–H and O–H groups in total. The molecule has 1 atom stereocenters. The van der Waals surface area contributed by atoms with Crippen molar-refractivity contribution in [2.75, 3.05) is 4.72 Å². The van der Waals surface area contributed by atoms with Crippen molar-refractivity contribution < 1.29 is 8.76 Å². The lowest BCUT2D eigenvalue weighted by Crippen LogP contribution is -2.03. The van der Waals surface area contributed by atoms with Crippen molar-refractivity contribution in [2.24, 2.45) is 0 Å². The van der Waals surface area contributed by atoms with E-state index in [1.165, 1.54) is 0 Å². The van der Waals surface area contributed by atoms with Gasteiger partial charge in [0.05, 0.1) is 0 Å². The van der Waals surface area contributed by atoms with Crippen molar-refractivity contribution in [3.63, 3.8) is 0 Å². The lowest BCUT2D eigenvalue weighted by Gasteiger charge is -1.89. The van der Waals surface area contributed by atoms with Crippen molar-refractivity contribution in [3.05, 3.63) is 5.82 Å². The Morgan fingerprint density at radius 3 is 3.00 bits per heavy atom. The molecular weight excluding hydrogens is 168 g/mol. The average molecular weight is 176 g/mol. The first-order chi connectivity index (χ1) is 5.22. The van der Waals surface area contributed by atoms with Crippen LogP contribution < -0.4 is 4.72 Å². The van der Waals surface area contributed by atoms with Crippen LogP contribution in [0, 0.1) is 0 Å². The maximum absolute atomic E-state index is 10.2. The molecule has 0 saturated carbocycles. The summed E-state index contributed by atoms with van der Waals surface area (Å²) in [6, 6.07) is 0. The fraction of sp³-hybridized carbons (Fsp3) is 0.500. The van der Waals surface area contributed by atoms with Crippen LogP contribution in [0.15, 0.2) is 0 Å². The zero-order valence-electron chi connectivity index (χ0n) is 5.87. The summed E-state index contributed by atoms with van der Waals surface area (Å²) in [5, 5.41) is 6.22. The van der Waals surface area contributed by atoms with Gasteiger partial charge < -0.3 is 0 Å². The predicted octanol–water partition coefficient (Wildman–Crippen LogP) is -0.0843. The van der Waals surface area contributed by atoms with Gasteiger partial charge in [0.15, 0.2) is 0 Å². The second-order valence-corrected chi connectivity index (χ2v) is 2.51. The van der Waals surface area contributed by atoms with Crippen LogP contribution in [0.25, 0.3) is 0 Å². The van der Waals surface area contributed by atoms with E-state index in [1.807, 2.05) is 6.92 Å². The van der Waals surface area contributed by atoms with E-state index in [0.29, 0.717) is 12.2 Å². The van der Waals surface area contributed by atoms with Gasteiger partial charge in [0.1, 0.15) is 5.82 Å². The van der Waals surface area contributed by atoms with E-state index in [-0.39, 0.29) is 5.95 Å². The van der Waals surface area contributed by atoms with Gasteiger partial charge in [-0.25, -0.2) is 8.93 Å². The minimum absolute atomic E-state index is 0.141. The first-order valence-electron chi connectivity index (χ1n) is 3.01. The smallest absolute Gasteiger partial charge is 0.261 e. The number of nitrogens with one attached hydrogen (secondary N) is 2. The first kappa shape index (κ1) is 8.15. The van der Waals surface area contributed by atoms with E-state index in [4.69, 9.17) is 4.55 Å². The Balaban J connectivity index is 2.65. The third-order valence-corrected chi connectivity index (χ3v) is 1.40. The van der Waals surface area contributed by atoms with Crippen molar-refractivity contribution in [3.8, 4) is 0 Å². The maximum Gasteiger partial charge on any atom is 0.261 e. The molecular formula is C4H8N4O2S. The Kier molecular flexibility index (Phi) is 2.55. The number of hydrogen-bond acceptors (Lipinski definition) is 3. The second-order valence-electron chi connectivity index (χ2n) is 1.81. The molecule has 0 radical (unpaired) electrons. The normalized spacial score (nSPS) is 12.9. The van der Waals surface area contributed by atoms with Gasteiger partial charge in [-0.15, -0.1) is 5.10 Å². The lowest BCUT2D eigenvalue weighted by atomic mass is 10.5. The standard InChI is InChI=1S/C4H8N4O2S/c1-2-3-5-4(7-6-3)8-11(9)10/h2H2,1H3,(H,9,10)(H2,5,6,7,8). The van der Waals surface area contributed by atoms with E-state index < -0.39 is 11.3 Å². The van der Waals surface area contributed by atoms with Crippen LogP contribution in [-0.2, 0) is 17.7 Å². The molecule has 0 aliphatic carbocycles. The van der Waals surface area contributed by atoms with Crippen molar-refractivity contribution in [2.45, 2.75) is 13.3 Å². The van der Waals surface area contributed by atoms with Gasteiger partial charge in [-0.05, 0) is 0 Å². The number of rotatable bonds is 3. The minimum atomic E-state index is -2.10. The van der Waals surface area contributed by atoms with Crippen LogP contribution in [0.1, 0.15) is 12.7 Å². The Bertz CT molecular complexity index is 260. The van der Waals surface area contributed by atoms with E-state index in [9.17, 15) is 4.21 Å². The Morgan fingerprint density at radius 1 is 1.82 bits per heavy atom. The Hall–Kier alpha value is -0.950. The highest BCUT2D eigenvalue weighted by Crippen LogP contribution is 1.98. The summed E-state index contributed by atoms with van der Waals surface area (Å²) in [5.74, 6) is 0.820. The summed E-state index contributed by atoms with van der Waals surface area (Å²) in [5.41, 5.74) is 0. The van der Waals surface area contributed by atoms with E-state index >= 15 is 0 Å². The monoisotopic (exact) mass is 176 g/mol. The number of aromatic nitrogens is 3. The number of aryl methyl sites for hydroxylation is 1. The van der Waals surface area contributed by atoms with Gasteiger partial charge in [-0.3, -0.25) is 9.65 Å². The van der Waals surface area contributed by atoms with Gasteiger partial charge in [0, 0.05) is 6.42 Å². The van der Waals surface area contributed by atoms with Gasteiger partial charge >= 0.3 is 0 Å². The quantitative estimate of drug-likeness (QED) is 0.561. The molecule has 0 amide bonds. The van der Waals surface area contributed by atoms with Crippen molar-refractivity contribution in [1.82, 2.24) is 15.2 Å². The topological polar surface area (TPSA) is 90.9 Å². The van der Waals surface area contributed by atoms with E-state index in [1.54, 1.807) is 0 Å². The Labute approximate surface area is 65.8 Å². The van der Waals surface area contributed by atoms with Crippen LogP contribution in [0.2, 0.25) is 0 Å². The molecule has 1 aromatic heterocycles. The average Bonchev–Trinajstić information content (AvgIpc) is 2.34. The number of nitrogens with zero attached hydrogens (tertiary/aromatic N) is 2. The van der Waals surface area contributed by atoms with Crippen molar-refractivity contribution >= 4 is 17.2 Å². The summed E-state index contributed by atoms with van der Waals surface area (Å²) in [6.07, 6.45) is 0.715. The van der Waals surface area contributed by atoms with Gasteiger partial charge in [-0.1, -0.05) is 6.92 Å². The largest absolute Gasteiger partial charge is 0.289 e. The molecule has 0 aromatic carbocycles. The maximum atomic E-state index is 10.2. The molecule has 1 unspecified atom stereocenters. The SMILES string of the molecule is CCc1nc(NS(=O)O)n[nH]1. The third-order valence-electron chi connectivity index (χ3n) is 1.05. The minimum Gasteiger partial charge on any atom is -0.289 e. The number of H-pyrrole nitrogens is 1. The fourth-order valence-electron chi connectivity index (χ4n) is 0.577. The van der Waals surface area contributed by atoms with Crippen LogP contribution in [0.4, 0.5) is 5.95 Å². The van der Waals surface area contributed by atoms with Crippen LogP contribution in [0.3, 0.4) is 0 Å². The highest BCUT2D eigenvalue weighted by molar-refractivity contribution is 7.80. The molecule has 0 saturated heterocycles. The molecule has 1 aromatic rings. The summed E-state index contributed by atoms with van der Waals surface area (Å²) in [6.45, 7) is 1.90. The summed E-state index contributed by atoms with van der Waals surface area (Å²) >= 11 is -2.10. The zero-order valence-corrected chi connectivity index (χ0v) is 6.68. The number of hydrogen-bond donors (Lipinski definition) is 3. The summed E-state index contributed by atoms with van der Waals surface area (Å²) in [7, 11) is 0. The van der Waals surface area contributed by atoms with E-state index in [2.05, 4.69) is 19.9 Å². The molecule has 0 bridgehead atoms. The fourth-order valence-corrected chi connectivity index (χ4v) is 0.825. The molecule has 7 heteroatoms. The van der Waals surface area contributed by atoms with Crippen LogP contribution >= 0.6 is 0 Å². The molecule has 6 nitrogen and oxygen atoms in total.